The first kappa shape index (κ1) is 22.6. The molecule has 1 aromatic heterocycles. The summed E-state index contributed by atoms with van der Waals surface area (Å²) in [5.74, 6) is -0.491. The minimum Gasteiger partial charge on any atom is -0.351 e. The molecule has 8 nitrogen and oxygen atoms in total. The molecule has 1 aromatic carbocycles. The van der Waals surface area contributed by atoms with E-state index in [0.29, 0.717) is 11.3 Å². The number of carbonyl (C=O) groups excluding carboxylic acids is 3. The lowest BCUT2D eigenvalue weighted by atomic mass is 10.1. The lowest BCUT2D eigenvalue weighted by molar-refractivity contribution is -0.121. The highest BCUT2D eigenvalue weighted by Gasteiger charge is 2.34. The highest BCUT2D eigenvalue weighted by molar-refractivity contribution is 8.15. The molecule has 2 aromatic rings. The van der Waals surface area contributed by atoms with Crippen molar-refractivity contribution in [2.75, 3.05) is 25.0 Å². The van der Waals surface area contributed by atoms with Crippen molar-refractivity contribution in [2.24, 2.45) is 4.99 Å². The molecule has 3 aliphatic rings. The van der Waals surface area contributed by atoms with Crippen LogP contribution in [-0.2, 0) is 9.59 Å². The zero-order valence-corrected chi connectivity index (χ0v) is 19.7. The van der Waals surface area contributed by atoms with Crippen LogP contribution in [0.4, 0.5) is 5.69 Å². The number of hydrogen-bond donors (Lipinski definition) is 1. The van der Waals surface area contributed by atoms with Crippen molar-refractivity contribution in [2.45, 2.75) is 43.4 Å². The fourth-order valence-electron chi connectivity index (χ4n) is 4.74. The number of nitrogens with zero attached hydrogens (tertiary/aromatic N) is 4. The zero-order chi connectivity index (χ0) is 23.5. The molecule has 2 atom stereocenters. The Morgan fingerprint density at radius 2 is 1.74 bits per heavy atom. The molecule has 34 heavy (non-hydrogen) atoms. The summed E-state index contributed by atoms with van der Waals surface area (Å²) in [7, 11) is 0. The van der Waals surface area contributed by atoms with E-state index >= 15 is 0 Å². The van der Waals surface area contributed by atoms with Crippen molar-refractivity contribution in [3.63, 3.8) is 0 Å². The van der Waals surface area contributed by atoms with Crippen LogP contribution in [0.1, 0.15) is 54.1 Å². The van der Waals surface area contributed by atoms with Gasteiger partial charge in [0.2, 0.25) is 5.91 Å². The molecule has 0 bridgehead atoms. The second kappa shape index (κ2) is 9.97. The number of rotatable bonds is 5. The molecule has 0 saturated carbocycles. The summed E-state index contributed by atoms with van der Waals surface area (Å²) >= 11 is 1.39. The van der Waals surface area contributed by atoms with Crippen molar-refractivity contribution in [1.29, 1.82) is 0 Å². The number of hydrogen-bond acceptors (Lipinski definition) is 6. The number of aliphatic imine (C=N–C) groups is 1. The third-order valence-electron chi connectivity index (χ3n) is 6.50. The summed E-state index contributed by atoms with van der Waals surface area (Å²) < 4.78 is 0. The van der Waals surface area contributed by atoms with E-state index in [1.165, 1.54) is 11.8 Å². The normalized spacial score (nSPS) is 22.2. The third-order valence-corrected chi connectivity index (χ3v) is 7.71. The van der Waals surface area contributed by atoms with Crippen LogP contribution in [0, 0.1) is 0 Å². The topological polar surface area (TPSA) is 95.0 Å². The molecule has 176 valence electrons. The SMILES string of the molecule is O=C(C[C@H]1SC(N2CCCC2)=NC1=O)Nc1ccc(C(=O)N2CCC[C@H]2c2ccncc2)cc1. The zero-order valence-electron chi connectivity index (χ0n) is 18.9. The monoisotopic (exact) mass is 477 g/mol. The first-order chi connectivity index (χ1) is 16.6. The second-order valence-corrected chi connectivity index (χ2v) is 9.97. The van der Waals surface area contributed by atoms with Gasteiger partial charge in [-0.2, -0.15) is 4.99 Å². The second-order valence-electron chi connectivity index (χ2n) is 8.80. The first-order valence-electron chi connectivity index (χ1n) is 11.7. The summed E-state index contributed by atoms with van der Waals surface area (Å²) in [6, 6.07) is 10.9. The molecule has 2 saturated heterocycles. The van der Waals surface area contributed by atoms with Gasteiger partial charge in [-0.15, -0.1) is 0 Å². The lowest BCUT2D eigenvalue weighted by Gasteiger charge is -2.25. The number of benzene rings is 1. The summed E-state index contributed by atoms with van der Waals surface area (Å²) in [5, 5.41) is 3.11. The minimum absolute atomic E-state index is 0.0169. The number of likely N-dealkylation sites (tertiary alicyclic amines) is 2. The van der Waals surface area contributed by atoms with Gasteiger partial charge in [-0.1, -0.05) is 11.8 Å². The van der Waals surface area contributed by atoms with Crippen LogP contribution in [0.3, 0.4) is 0 Å². The average molecular weight is 478 g/mol. The van der Waals surface area contributed by atoms with Gasteiger partial charge < -0.3 is 15.1 Å². The van der Waals surface area contributed by atoms with Gasteiger partial charge in [-0.05, 0) is 67.6 Å². The van der Waals surface area contributed by atoms with Crippen molar-refractivity contribution in [3.8, 4) is 0 Å². The number of anilines is 1. The van der Waals surface area contributed by atoms with Crippen molar-refractivity contribution in [1.82, 2.24) is 14.8 Å². The molecular formula is C25H27N5O3S. The van der Waals surface area contributed by atoms with Gasteiger partial charge in [0.25, 0.3) is 11.8 Å². The predicted molar refractivity (Wildman–Crippen MR) is 132 cm³/mol. The Hall–Kier alpha value is -3.20. The summed E-state index contributed by atoms with van der Waals surface area (Å²) in [6.45, 7) is 2.56. The van der Waals surface area contributed by atoms with Crippen LogP contribution in [0.2, 0.25) is 0 Å². The number of amidine groups is 1. The Balaban J connectivity index is 1.16. The number of amides is 3. The molecule has 0 spiro atoms. The van der Waals surface area contributed by atoms with Crippen LogP contribution in [0.5, 0.6) is 0 Å². The smallest absolute Gasteiger partial charge is 0.262 e. The molecule has 5 rings (SSSR count). The van der Waals surface area contributed by atoms with E-state index in [4.69, 9.17) is 0 Å². The molecule has 0 radical (unpaired) electrons. The maximum atomic E-state index is 13.1. The molecule has 3 aliphatic heterocycles. The fourth-order valence-corrected chi connectivity index (χ4v) is 5.85. The Kier molecular flexibility index (Phi) is 6.62. The molecule has 4 heterocycles. The summed E-state index contributed by atoms with van der Waals surface area (Å²) in [4.78, 5) is 50.2. The molecule has 9 heteroatoms. The van der Waals surface area contributed by atoms with E-state index in [1.54, 1.807) is 36.7 Å². The van der Waals surface area contributed by atoms with E-state index in [-0.39, 0.29) is 30.2 Å². The number of pyridine rings is 1. The van der Waals surface area contributed by atoms with Crippen molar-refractivity contribution >= 4 is 40.3 Å². The number of nitrogens with one attached hydrogen (secondary N) is 1. The van der Waals surface area contributed by atoms with Gasteiger partial charge in [0.1, 0.15) is 5.25 Å². The standard InChI is InChI=1S/C25H27N5O3S/c31-22(16-21-23(32)28-25(34-21)29-13-1-2-14-29)27-19-7-5-18(6-8-19)24(33)30-15-3-4-20(30)17-9-11-26-12-10-17/h5-12,20-21H,1-4,13-16H2,(H,27,31)/t20-,21+/m0/s1. The van der Waals surface area contributed by atoms with Gasteiger partial charge in [0, 0.05) is 49.7 Å². The highest BCUT2D eigenvalue weighted by atomic mass is 32.2. The van der Waals surface area contributed by atoms with Gasteiger partial charge in [-0.25, -0.2) is 0 Å². The quantitative estimate of drug-likeness (QED) is 0.709. The first-order valence-corrected chi connectivity index (χ1v) is 12.6. The van der Waals surface area contributed by atoms with Gasteiger partial charge in [-0.3, -0.25) is 19.4 Å². The molecule has 0 unspecified atom stereocenters. The fraction of sp³-hybridized carbons (Fsp3) is 0.400. The number of carbonyl (C=O) groups is 3. The predicted octanol–water partition coefficient (Wildman–Crippen LogP) is 3.48. The maximum Gasteiger partial charge on any atom is 0.262 e. The largest absolute Gasteiger partial charge is 0.351 e. The summed E-state index contributed by atoms with van der Waals surface area (Å²) in [6.07, 6.45) is 7.71. The number of thioether (sulfide) groups is 1. The molecule has 1 N–H and O–H groups in total. The van der Waals surface area contributed by atoms with Gasteiger partial charge in [0.05, 0.1) is 6.04 Å². The Morgan fingerprint density at radius 3 is 2.47 bits per heavy atom. The minimum atomic E-state index is -0.475. The van der Waals surface area contributed by atoms with E-state index in [0.717, 1.165) is 56.0 Å². The highest BCUT2D eigenvalue weighted by Crippen LogP contribution is 2.33. The Morgan fingerprint density at radius 1 is 1.00 bits per heavy atom. The van der Waals surface area contributed by atoms with E-state index in [9.17, 15) is 14.4 Å². The summed E-state index contributed by atoms with van der Waals surface area (Å²) in [5.41, 5.74) is 2.29. The molecule has 0 aliphatic carbocycles. The van der Waals surface area contributed by atoms with Gasteiger partial charge >= 0.3 is 0 Å². The van der Waals surface area contributed by atoms with Gasteiger partial charge in [0.15, 0.2) is 5.17 Å². The van der Waals surface area contributed by atoms with E-state index in [2.05, 4.69) is 20.2 Å². The van der Waals surface area contributed by atoms with E-state index in [1.807, 2.05) is 17.0 Å². The van der Waals surface area contributed by atoms with Crippen molar-refractivity contribution < 1.29 is 14.4 Å². The van der Waals surface area contributed by atoms with Crippen molar-refractivity contribution in [3.05, 3.63) is 59.9 Å². The van der Waals surface area contributed by atoms with Crippen LogP contribution in [0.25, 0.3) is 0 Å². The van der Waals surface area contributed by atoms with Crippen LogP contribution in [-0.4, -0.2) is 62.6 Å². The van der Waals surface area contributed by atoms with E-state index < -0.39 is 5.25 Å². The molecule has 2 fully saturated rings. The Bertz CT molecular complexity index is 1100. The Labute approximate surface area is 202 Å². The average Bonchev–Trinajstić information content (AvgIpc) is 3.62. The maximum absolute atomic E-state index is 13.1. The van der Waals surface area contributed by atoms with Crippen LogP contribution in [0.15, 0.2) is 53.8 Å². The number of aromatic nitrogens is 1. The molecular weight excluding hydrogens is 450 g/mol. The third kappa shape index (κ3) is 4.84. The lowest BCUT2D eigenvalue weighted by Crippen LogP contribution is -2.30. The van der Waals surface area contributed by atoms with Crippen LogP contribution >= 0.6 is 11.8 Å². The molecule has 3 amide bonds. The van der Waals surface area contributed by atoms with Crippen LogP contribution < -0.4 is 5.32 Å².